The van der Waals surface area contributed by atoms with Crippen LogP contribution in [-0.2, 0) is 0 Å². The molecule has 0 N–H and O–H groups in total. The van der Waals surface area contributed by atoms with E-state index in [0.29, 0.717) is 11.1 Å². The van der Waals surface area contributed by atoms with E-state index >= 15 is 0 Å². The second-order valence-electron chi connectivity index (χ2n) is 8.77. The van der Waals surface area contributed by atoms with Crippen LogP contribution in [0.25, 0.3) is 0 Å². The Bertz CT molecular complexity index is 1180. The Balaban J connectivity index is 1.70. The number of ketones is 2. The number of carbonyl (C=O) groups is 2. The molecule has 166 valence electrons. The van der Waals surface area contributed by atoms with Gasteiger partial charge in [-0.1, -0.05) is 133 Å². The van der Waals surface area contributed by atoms with E-state index in [1.165, 1.54) is 0 Å². The van der Waals surface area contributed by atoms with E-state index in [9.17, 15) is 9.59 Å². The lowest BCUT2D eigenvalue weighted by molar-refractivity contribution is 0.0724. The number of hydrogen-bond donors (Lipinski definition) is 0. The molecule has 0 fully saturated rings. The number of benzene rings is 4. The van der Waals surface area contributed by atoms with Gasteiger partial charge in [0.2, 0.25) is 0 Å². The van der Waals surface area contributed by atoms with Gasteiger partial charge >= 0.3 is 0 Å². The minimum atomic E-state index is -0.521. The summed E-state index contributed by atoms with van der Waals surface area (Å²) in [4.78, 5) is 28.2. The second kappa shape index (κ2) is 9.84. The molecule has 0 unspecified atom stereocenters. The number of Topliss-reactive ketones (excluding diaryl/α,β-unsaturated/α-hetero) is 2. The van der Waals surface area contributed by atoms with Crippen molar-refractivity contribution in [1.29, 1.82) is 0 Å². The van der Waals surface area contributed by atoms with E-state index in [1.54, 1.807) is 0 Å². The maximum absolute atomic E-state index is 14.1. The highest BCUT2D eigenvalue weighted by Gasteiger charge is 2.45. The first-order chi connectivity index (χ1) is 16.7. The van der Waals surface area contributed by atoms with Crippen LogP contribution in [0.15, 0.2) is 133 Å². The molecule has 4 aromatic carbocycles. The predicted molar refractivity (Wildman–Crippen MR) is 136 cm³/mol. The van der Waals surface area contributed by atoms with Crippen LogP contribution in [0.3, 0.4) is 0 Å². The number of carbonyl (C=O) groups excluding carboxylic acids is 2. The van der Waals surface area contributed by atoms with Crippen molar-refractivity contribution < 1.29 is 9.59 Å². The largest absolute Gasteiger partial charge is 0.294 e. The van der Waals surface area contributed by atoms with E-state index in [1.807, 2.05) is 121 Å². The van der Waals surface area contributed by atoms with Crippen molar-refractivity contribution in [3.63, 3.8) is 0 Å². The Labute approximate surface area is 200 Å². The van der Waals surface area contributed by atoms with Crippen molar-refractivity contribution >= 4 is 11.6 Å². The van der Waals surface area contributed by atoms with E-state index in [0.717, 1.165) is 11.1 Å². The lowest BCUT2D eigenvalue weighted by atomic mass is 9.62. The molecule has 34 heavy (non-hydrogen) atoms. The average Bonchev–Trinajstić information content (AvgIpc) is 2.93. The van der Waals surface area contributed by atoms with Crippen LogP contribution in [0.4, 0.5) is 0 Å². The molecular weight excluding hydrogens is 416 g/mol. The number of rotatable bonds is 6. The summed E-state index contributed by atoms with van der Waals surface area (Å²) < 4.78 is 0. The van der Waals surface area contributed by atoms with Crippen molar-refractivity contribution in [3.8, 4) is 0 Å². The third-order valence-electron chi connectivity index (χ3n) is 6.78. The van der Waals surface area contributed by atoms with E-state index < -0.39 is 11.8 Å². The molecule has 0 bridgehead atoms. The van der Waals surface area contributed by atoms with Gasteiger partial charge in [0.1, 0.15) is 0 Å². The molecule has 0 aliphatic heterocycles. The van der Waals surface area contributed by atoms with Gasteiger partial charge in [-0.2, -0.15) is 0 Å². The highest BCUT2D eigenvalue weighted by Crippen LogP contribution is 2.47. The summed E-state index contributed by atoms with van der Waals surface area (Å²) in [5, 5.41) is 0. The van der Waals surface area contributed by atoms with Gasteiger partial charge < -0.3 is 0 Å². The molecule has 2 heteroatoms. The molecule has 4 aromatic rings. The van der Waals surface area contributed by atoms with Crippen LogP contribution < -0.4 is 0 Å². The van der Waals surface area contributed by atoms with Gasteiger partial charge in [-0.15, -0.1) is 0 Å². The minimum Gasteiger partial charge on any atom is -0.294 e. The maximum Gasteiger partial charge on any atom is 0.167 e. The number of hydrogen-bond acceptors (Lipinski definition) is 2. The van der Waals surface area contributed by atoms with Gasteiger partial charge in [0.05, 0.1) is 0 Å². The van der Waals surface area contributed by atoms with Crippen molar-refractivity contribution in [1.82, 2.24) is 0 Å². The smallest absolute Gasteiger partial charge is 0.167 e. The Kier molecular flexibility index (Phi) is 6.31. The molecule has 0 amide bonds. The average molecular weight is 443 g/mol. The third kappa shape index (κ3) is 4.27. The van der Waals surface area contributed by atoms with Gasteiger partial charge in [0.15, 0.2) is 11.6 Å². The summed E-state index contributed by atoms with van der Waals surface area (Å²) in [6, 6.07) is 38.9. The summed E-state index contributed by atoms with van der Waals surface area (Å²) in [6.45, 7) is 0. The van der Waals surface area contributed by atoms with Crippen molar-refractivity contribution in [2.75, 3.05) is 0 Å². The second-order valence-corrected chi connectivity index (χ2v) is 8.77. The Morgan fingerprint density at radius 1 is 0.412 bits per heavy atom. The summed E-state index contributed by atoms with van der Waals surface area (Å²) in [7, 11) is 0. The third-order valence-corrected chi connectivity index (χ3v) is 6.78. The molecule has 0 spiro atoms. The Hall–Kier alpha value is -4.04. The molecule has 0 aromatic heterocycles. The molecule has 2 nitrogen and oxygen atoms in total. The van der Waals surface area contributed by atoms with Crippen LogP contribution in [-0.4, -0.2) is 11.6 Å². The maximum atomic E-state index is 14.1. The first-order valence-electron chi connectivity index (χ1n) is 11.7. The zero-order chi connectivity index (χ0) is 23.3. The Morgan fingerprint density at radius 2 is 0.706 bits per heavy atom. The van der Waals surface area contributed by atoms with Crippen LogP contribution in [0.1, 0.15) is 43.7 Å². The highest BCUT2D eigenvalue weighted by atomic mass is 16.1. The zero-order valence-electron chi connectivity index (χ0n) is 18.8. The molecule has 0 saturated carbocycles. The SMILES string of the molecule is O=C(c1ccccc1)[C@@H]1[C@H](C(=O)c2ccccc2)[C@@H](c2ccccc2)C=C[C@@H]1c1ccccc1. The van der Waals surface area contributed by atoms with Gasteiger partial charge in [-0.3, -0.25) is 9.59 Å². The zero-order valence-corrected chi connectivity index (χ0v) is 18.8. The summed E-state index contributed by atoms with van der Waals surface area (Å²) >= 11 is 0. The van der Waals surface area contributed by atoms with Crippen LogP contribution in [0, 0.1) is 11.8 Å². The molecule has 4 atom stereocenters. The van der Waals surface area contributed by atoms with Crippen molar-refractivity contribution in [2.45, 2.75) is 11.8 Å². The molecule has 0 saturated heterocycles. The standard InChI is InChI=1S/C32H26O2/c33-31(25-17-9-3-10-18-25)29-27(23-13-5-1-6-14-23)21-22-28(24-15-7-2-8-16-24)30(29)32(34)26-19-11-4-12-20-26/h1-22,27-30H/t27-,28-,29-,30+/m1/s1. The molecule has 0 radical (unpaired) electrons. The molecule has 1 aliphatic rings. The van der Waals surface area contributed by atoms with E-state index in [2.05, 4.69) is 12.2 Å². The molecule has 5 rings (SSSR count). The van der Waals surface area contributed by atoms with Gasteiger partial charge in [0.25, 0.3) is 0 Å². The van der Waals surface area contributed by atoms with Crippen molar-refractivity contribution in [2.24, 2.45) is 11.8 Å². The molecule has 0 heterocycles. The van der Waals surface area contributed by atoms with Crippen molar-refractivity contribution in [3.05, 3.63) is 156 Å². The van der Waals surface area contributed by atoms with E-state index in [4.69, 9.17) is 0 Å². The highest BCUT2D eigenvalue weighted by molar-refractivity contribution is 6.06. The van der Waals surface area contributed by atoms with Crippen LogP contribution in [0.5, 0.6) is 0 Å². The van der Waals surface area contributed by atoms with E-state index in [-0.39, 0.29) is 23.4 Å². The fraction of sp³-hybridized carbons (Fsp3) is 0.125. The lowest BCUT2D eigenvalue weighted by Gasteiger charge is -2.38. The molecule has 1 aliphatic carbocycles. The summed E-state index contributed by atoms with van der Waals surface area (Å²) in [6.07, 6.45) is 4.26. The van der Waals surface area contributed by atoms with Crippen LogP contribution in [0.2, 0.25) is 0 Å². The predicted octanol–water partition coefficient (Wildman–Crippen LogP) is 7.12. The monoisotopic (exact) mass is 442 g/mol. The first kappa shape index (κ1) is 21.8. The van der Waals surface area contributed by atoms with Gasteiger partial charge in [0, 0.05) is 34.8 Å². The van der Waals surface area contributed by atoms with Gasteiger partial charge in [-0.05, 0) is 11.1 Å². The Morgan fingerprint density at radius 3 is 1.03 bits per heavy atom. The topological polar surface area (TPSA) is 34.1 Å². The number of allylic oxidation sites excluding steroid dienone is 2. The summed E-state index contributed by atoms with van der Waals surface area (Å²) in [5.74, 6) is -1.40. The fourth-order valence-corrected chi connectivity index (χ4v) is 5.16. The first-order valence-corrected chi connectivity index (χ1v) is 11.7. The van der Waals surface area contributed by atoms with Crippen LogP contribution >= 0.6 is 0 Å². The van der Waals surface area contributed by atoms with Gasteiger partial charge in [-0.25, -0.2) is 0 Å². The molecular formula is C32H26O2. The fourth-order valence-electron chi connectivity index (χ4n) is 5.16. The quantitative estimate of drug-likeness (QED) is 0.235. The summed E-state index contributed by atoms with van der Waals surface area (Å²) in [5.41, 5.74) is 3.37. The normalized spacial score (nSPS) is 21.6. The lowest BCUT2D eigenvalue weighted by Crippen LogP contribution is -2.40. The minimum absolute atomic E-state index is 0.00835.